The average Bonchev–Trinajstić information content (AvgIpc) is 2.80. The van der Waals surface area contributed by atoms with Crippen LogP contribution in [-0.2, 0) is 6.54 Å². The van der Waals surface area contributed by atoms with Gasteiger partial charge in [-0.2, -0.15) is 0 Å². The third-order valence-electron chi connectivity index (χ3n) is 2.92. The summed E-state index contributed by atoms with van der Waals surface area (Å²) in [5, 5.41) is 0. The first-order valence-electron chi connectivity index (χ1n) is 6.05. The number of imidazole rings is 1. The second kappa shape index (κ2) is 5.04. The molecule has 0 aliphatic carbocycles. The third-order valence-corrected chi connectivity index (χ3v) is 2.92. The van der Waals surface area contributed by atoms with Crippen LogP contribution >= 0.6 is 0 Å². The van der Waals surface area contributed by atoms with Crippen LogP contribution < -0.4 is 5.73 Å². The van der Waals surface area contributed by atoms with Crippen molar-refractivity contribution in [2.75, 3.05) is 5.73 Å². The molecular weight excluding hydrogens is 226 g/mol. The molecule has 0 bridgehead atoms. The van der Waals surface area contributed by atoms with E-state index in [0.29, 0.717) is 17.1 Å². The Morgan fingerprint density at radius 1 is 1.44 bits per heavy atom. The molecule has 0 unspecified atom stereocenters. The van der Waals surface area contributed by atoms with Gasteiger partial charge in [0, 0.05) is 30.2 Å². The Balaban J connectivity index is 2.35. The minimum atomic E-state index is -0.0832. The molecule has 4 heteroatoms. The summed E-state index contributed by atoms with van der Waals surface area (Å²) in [6.07, 6.45) is 4.45. The number of ketones is 1. The zero-order chi connectivity index (χ0) is 13.1. The number of carbonyl (C=O) groups is 1. The minimum absolute atomic E-state index is 0.0832. The van der Waals surface area contributed by atoms with Crippen LogP contribution in [0, 0.1) is 6.92 Å². The maximum absolute atomic E-state index is 12.3. The number of hydrogen-bond acceptors (Lipinski definition) is 3. The molecule has 1 aromatic heterocycles. The lowest BCUT2D eigenvalue weighted by Gasteiger charge is -2.07. The fourth-order valence-corrected chi connectivity index (χ4v) is 1.85. The third kappa shape index (κ3) is 2.27. The van der Waals surface area contributed by atoms with Crippen LogP contribution in [0.2, 0.25) is 0 Å². The second-order valence-electron chi connectivity index (χ2n) is 4.34. The number of rotatable bonds is 4. The zero-order valence-electron chi connectivity index (χ0n) is 10.7. The lowest BCUT2D eigenvalue weighted by atomic mass is 10.1. The SMILES string of the molecule is CCCn1ccnc1C(=O)c1ccc(C)c(N)c1. The van der Waals surface area contributed by atoms with E-state index in [1.807, 2.05) is 23.8 Å². The Morgan fingerprint density at radius 3 is 2.89 bits per heavy atom. The predicted molar refractivity (Wildman–Crippen MR) is 71.5 cm³/mol. The summed E-state index contributed by atoms with van der Waals surface area (Å²) in [4.78, 5) is 16.5. The van der Waals surface area contributed by atoms with E-state index in [4.69, 9.17) is 5.73 Å². The van der Waals surface area contributed by atoms with Crippen molar-refractivity contribution in [2.24, 2.45) is 0 Å². The second-order valence-corrected chi connectivity index (χ2v) is 4.34. The molecular formula is C14H17N3O. The maximum Gasteiger partial charge on any atom is 0.228 e. The number of nitrogens with zero attached hydrogens (tertiary/aromatic N) is 2. The van der Waals surface area contributed by atoms with E-state index in [1.54, 1.807) is 18.3 Å². The number of benzene rings is 1. The first-order chi connectivity index (χ1) is 8.63. The first-order valence-corrected chi connectivity index (χ1v) is 6.05. The molecule has 1 aromatic carbocycles. The predicted octanol–water partition coefficient (Wildman–Crippen LogP) is 2.41. The zero-order valence-corrected chi connectivity index (χ0v) is 10.7. The largest absolute Gasteiger partial charge is 0.398 e. The number of nitrogens with two attached hydrogens (primary N) is 1. The van der Waals surface area contributed by atoms with Crippen LogP contribution in [0.1, 0.15) is 35.1 Å². The van der Waals surface area contributed by atoms with E-state index in [-0.39, 0.29) is 5.78 Å². The quantitative estimate of drug-likeness (QED) is 0.662. The molecule has 0 aliphatic heterocycles. The molecule has 1 heterocycles. The van der Waals surface area contributed by atoms with Crippen LogP contribution in [0.25, 0.3) is 0 Å². The van der Waals surface area contributed by atoms with Gasteiger partial charge in [-0.15, -0.1) is 0 Å². The molecule has 0 spiro atoms. The van der Waals surface area contributed by atoms with Gasteiger partial charge in [0.05, 0.1) is 0 Å². The summed E-state index contributed by atoms with van der Waals surface area (Å²) in [5.41, 5.74) is 8.02. The number of nitrogen functional groups attached to an aromatic ring is 1. The molecule has 2 aromatic rings. The fourth-order valence-electron chi connectivity index (χ4n) is 1.85. The average molecular weight is 243 g/mol. The van der Waals surface area contributed by atoms with Gasteiger partial charge in [-0.05, 0) is 25.0 Å². The minimum Gasteiger partial charge on any atom is -0.398 e. The Kier molecular flexibility index (Phi) is 3.46. The van der Waals surface area contributed by atoms with Crippen molar-refractivity contribution in [3.05, 3.63) is 47.5 Å². The van der Waals surface area contributed by atoms with Gasteiger partial charge in [-0.1, -0.05) is 19.1 Å². The molecule has 0 atom stereocenters. The molecule has 0 radical (unpaired) electrons. The van der Waals surface area contributed by atoms with Crippen LogP contribution in [0.3, 0.4) is 0 Å². The van der Waals surface area contributed by atoms with Crippen molar-refractivity contribution < 1.29 is 4.79 Å². The molecule has 94 valence electrons. The number of aromatic nitrogens is 2. The van der Waals surface area contributed by atoms with Crippen molar-refractivity contribution in [1.82, 2.24) is 9.55 Å². The van der Waals surface area contributed by atoms with E-state index < -0.39 is 0 Å². The van der Waals surface area contributed by atoms with E-state index >= 15 is 0 Å². The standard InChI is InChI=1S/C14H17N3O/c1-3-7-17-8-6-16-14(17)13(18)11-5-4-10(2)12(15)9-11/h4-6,8-9H,3,7,15H2,1-2H3. The van der Waals surface area contributed by atoms with Gasteiger partial charge in [0.15, 0.2) is 5.82 Å². The van der Waals surface area contributed by atoms with Crippen molar-refractivity contribution >= 4 is 11.5 Å². The van der Waals surface area contributed by atoms with Crippen molar-refractivity contribution in [1.29, 1.82) is 0 Å². The van der Waals surface area contributed by atoms with Gasteiger partial charge in [-0.3, -0.25) is 4.79 Å². The molecule has 2 N–H and O–H groups in total. The van der Waals surface area contributed by atoms with Crippen molar-refractivity contribution in [2.45, 2.75) is 26.8 Å². The highest BCUT2D eigenvalue weighted by atomic mass is 16.1. The summed E-state index contributed by atoms with van der Waals surface area (Å²) >= 11 is 0. The molecule has 0 saturated heterocycles. The van der Waals surface area contributed by atoms with E-state index in [0.717, 1.165) is 18.5 Å². The van der Waals surface area contributed by atoms with E-state index in [9.17, 15) is 4.79 Å². The topological polar surface area (TPSA) is 60.9 Å². The van der Waals surface area contributed by atoms with E-state index in [2.05, 4.69) is 11.9 Å². The van der Waals surface area contributed by atoms with Gasteiger partial charge < -0.3 is 10.3 Å². The van der Waals surface area contributed by atoms with Crippen LogP contribution in [-0.4, -0.2) is 15.3 Å². The van der Waals surface area contributed by atoms with Gasteiger partial charge in [0.1, 0.15) is 0 Å². The van der Waals surface area contributed by atoms with Gasteiger partial charge >= 0.3 is 0 Å². The fraction of sp³-hybridized carbons (Fsp3) is 0.286. The first kappa shape index (κ1) is 12.4. The van der Waals surface area contributed by atoms with E-state index in [1.165, 1.54) is 0 Å². The van der Waals surface area contributed by atoms with Crippen LogP contribution in [0.4, 0.5) is 5.69 Å². The Bertz CT molecular complexity index is 572. The van der Waals surface area contributed by atoms with Gasteiger partial charge in [0.25, 0.3) is 0 Å². The molecule has 0 aliphatic rings. The number of carbonyl (C=O) groups excluding carboxylic acids is 1. The van der Waals surface area contributed by atoms with Gasteiger partial charge in [-0.25, -0.2) is 4.98 Å². The highest BCUT2D eigenvalue weighted by Crippen LogP contribution is 2.16. The molecule has 0 saturated carbocycles. The lowest BCUT2D eigenvalue weighted by Crippen LogP contribution is -2.11. The number of aryl methyl sites for hydroxylation is 2. The monoisotopic (exact) mass is 243 g/mol. The summed E-state index contributed by atoms with van der Waals surface area (Å²) in [5.74, 6) is 0.389. The summed E-state index contributed by atoms with van der Waals surface area (Å²) in [6, 6.07) is 5.36. The molecule has 4 nitrogen and oxygen atoms in total. The molecule has 18 heavy (non-hydrogen) atoms. The Morgan fingerprint density at radius 2 is 2.22 bits per heavy atom. The summed E-state index contributed by atoms with van der Waals surface area (Å²) < 4.78 is 1.87. The summed E-state index contributed by atoms with van der Waals surface area (Å²) in [6.45, 7) is 4.78. The van der Waals surface area contributed by atoms with Crippen LogP contribution in [0.15, 0.2) is 30.6 Å². The van der Waals surface area contributed by atoms with Crippen molar-refractivity contribution in [3.63, 3.8) is 0 Å². The highest BCUT2D eigenvalue weighted by molar-refractivity contribution is 6.07. The Labute approximate surface area is 106 Å². The number of anilines is 1. The number of hydrogen-bond donors (Lipinski definition) is 1. The molecule has 0 fully saturated rings. The molecule has 0 amide bonds. The summed E-state index contributed by atoms with van der Waals surface area (Å²) in [7, 11) is 0. The highest BCUT2D eigenvalue weighted by Gasteiger charge is 2.15. The smallest absolute Gasteiger partial charge is 0.228 e. The lowest BCUT2D eigenvalue weighted by molar-refractivity contribution is 0.102. The van der Waals surface area contributed by atoms with Gasteiger partial charge in [0.2, 0.25) is 5.78 Å². The van der Waals surface area contributed by atoms with Crippen LogP contribution in [0.5, 0.6) is 0 Å². The Hall–Kier alpha value is -2.10. The van der Waals surface area contributed by atoms with Crippen molar-refractivity contribution in [3.8, 4) is 0 Å². The normalized spacial score (nSPS) is 10.6. The maximum atomic E-state index is 12.3. The molecule has 2 rings (SSSR count).